The number of rotatable bonds is 8. The number of ether oxygens (including phenoxy) is 1. The van der Waals surface area contributed by atoms with Crippen molar-refractivity contribution in [3.63, 3.8) is 0 Å². The van der Waals surface area contributed by atoms with Crippen molar-refractivity contribution in [2.45, 2.75) is 46.2 Å². The Hall–Kier alpha value is -4.13. The van der Waals surface area contributed by atoms with Crippen LogP contribution in [0.15, 0.2) is 71.2 Å². The summed E-state index contributed by atoms with van der Waals surface area (Å²) in [6.45, 7) is 6.40. The number of benzene rings is 2. The van der Waals surface area contributed by atoms with E-state index in [1.807, 2.05) is 63.2 Å². The molecule has 1 aliphatic heterocycles. The Kier molecular flexibility index (Phi) is 7.68. The van der Waals surface area contributed by atoms with Crippen LogP contribution in [0.1, 0.15) is 35.1 Å². The van der Waals surface area contributed by atoms with Gasteiger partial charge in [-0.2, -0.15) is 0 Å². The first-order valence-electron chi connectivity index (χ1n) is 12.0. The molecule has 2 aromatic carbocycles. The summed E-state index contributed by atoms with van der Waals surface area (Å²) in [6.07, 6.45) is 7.39. The first-order valence-corrected chi connectivity index (χ1v) is 12.0. The number of fused-ring (bicyclic) bond motifs is 1. The first kappa shape index (κ1) is 25.0. The van der Waals surface area contributed by atoms with Crippen LogP contribution in [-0.4, -0.2) is 39.5 Å². The molecule has 1 atom stereocenters. The van der Waals surface area contributed by atoms with Gasteiger partial charge in [0.2, 0.25) is 11.8 Å². The lowest BCUT2D eigenvalue weighted by Gasteiger charge is -2.34. The lowest BCUT2D eigenvalue weighted by Crippen LogP contribution is -2.48. The third-order valence-corrected chi connectivity index (χ3v) is 6.22. The number of aromatic nitrogens is 1. The highest BCUT2D eigenvalue weighted by Crippen LogP contribution is 2.28. The van der Waals surface area contributed by atoms with E-state index in [1.54, 1.807) is 18.2 Å². The fraction of sp³-hybridized carbons (Fsp3) is 0.276. The van der Waals surface area contributed by atoms with Gasteiger partial charge in [-0.3, -0.25) is 4.79 Å². The zero-order valence-electron chi connectivity index (χ0n) is 20.7. The zero-order chi connectivity index (χ0) is 25.7. The second kappa shape index (κ2) is 11.1. The largest absolute Gasteiger partial charge is 0.493 e. The van der Waals surface area contributed by atoms with Crippen LogP contribution in [0.2, 0.25) is 0 Å². The van der Waals surface area contributed by atoms with Gasteiger partial charge in [-0.25, -0.2) is 9.78 Å². The second-order valence-electron chi connectivity index (χ2n) is 8.83. The van der Waals surface area contributed by atoms with Crippen LogP contribution < -0.4 is 4.74 Å². The summed E-state index contributed by atoms with van der Waals surface area (Å²) in [5.41, 5.74) is 4.75. The third-order valence-electron chi connectivity index (χ3n) is 6.22. The predicted octanol–water partition coefficient (Wildman–Crippen LogP) is 5.05. The van der Waals surface area contributed by atoms with Crippen molar-refractivity contribution in [1.82, 2.24) is 9.88 Å². The molecule has 1 aromatic heterocycles. The second-order valence-corrected chi connectivity index (χ2v) is 8.83. The number of carbonyl (C=O) groups excluding carboxylic acids is 1. The first-order chi connectivity index (χ1) is 17.4. The van der Waals surface area contributed by atoms with E-state index in [-0.39, 0.29) is 18.9 Å². The molecule has 186 valence electrons. The van der Waals surface area contributed by atoms with Gasteiger partial charge in [0.25, 0.3) is 0 Å². The Labute approximate surface area is 210 Å². The average molecular weight is 487 g/mol. The van der Waals surface area contributed by atoms with E-state index in [1.165, 1.54) is 16.5 Å². The van der Waals surface area contributed by atoms with Crippen LogP contribution in [0.4, 0.5) is 0 Å². The minimum absolute atomic E-state index is 0.213. The van der Waals surface area contributed by atoms with Crippen LogP contribution in [-0.2, 0) is 29.0 Å². The summed E-state index contributed by atoms with van der Waals surface area (Å²) in [5.74, 6) is 0.682. The molecule has 0 spiro atoms. The quantitative estimate of drug-likeness (QED) is 0.354. The summed E-state index contributed by atoms with van der Waals surface area (Å²) in [7, 11) is 0. The summed E-state index contributed by atoms with van der Waals surface area (Å²) in [5, 5.41) is 9.67. The standard InChI is InChI=1S/C29H30N2O5/c1-4-5-6-7-27(32)31-18-23-16-24(13-12-22(23)17-26(31)29(33)34)35-15-14-25-20(3)36-28(30-25)21-10-8-19(2)9-11-21/h4-13,16,26H,14-15,17-18H2,1-3H3,(H,33,34)/b5-4+,7-6+/t26-/m0/s1. The molecule has 36 heavy (non-hydrogen) atoms. The number of nitrogens with zero attached hydrogens (tertiary/aromatic N) is 2. The normalized spacial score (nSPS) is 15.4. The molecule has 3 aromatic rings. The van der Waals surface area contributed by atoms with Crippen molar-refractivity contribution < 1.29 is 23.8 Å². The van der Waals surface area contributed by atoms with E-state index in [0.717, 1.165) is 28.1 Å². The van der Waals surface area contributed by atoms with Crippen LogP contribution in [0.3, 0.4) is 0 Å². The molecule has 0 radical (unpaired) electrons. The number of amides is 1. The Morgan fingerprint density at radius 2 is 1.92 bits per heavy atom. The Morgan fingerprint density at radius 3 is 2.64 bits per heavy atom. The lowest BCUT2D eigenvalue weighted by molar-refractivity contribution is -0.149. The fourth-order valence-electron chi connectivity index (χ4n) is 4.19. The molecule has 0 fully saturated rings. The molecule has 0 aliphatic carbocycles. The van der Waals surface area contributed by atoms with E-state index >= 15 is 0 Å². The lowest BCUT2D eigenvalue weighted by atomic mass is 9.93. The van der Waals surface area contributed by atoms with Gasteiger partial charge in [-0.1, -0.05) is 42.0 Å². The Morgan fingerprint density at radius 1 is 1.14 bits per heavy atom. The van der Waals surface area contributed by atoms with Crippen molar-refractivity contribution in [2.24, 2.45) is 0 Å². The number of hydrogen-bond acceptors (Lipinski definition) is 5. The smallest absolute Gasteiger partial charge is 0.326 e. The summed E-state index contributed by atoms with van der Waals surface area (Å²) in [6, 6.07) is 12.8. The molecular formula is C29H30N2O5. The maximum atomic E-state index is 12.7. The number of hydrogen-bond donors (Lipinski definition) is 1. The van der Waals surface area contributed by atoms with Crippen LogP contribution >= 0.6 is 0 Å². The van der Waals surface area contributed by atoms with E-state index in [4.69, 9.17) is 9.15 Å². The van der Waals surface area contributed by atoms with Gasteiger partial charge in [0.1, 0.15) is 17.6 Å². The van der Waals surface area contributed by atoms with Crippen molar-refractivity contribution >= 4 is 11.9 Å². The van der Waals surface area contributed by atoms with Gasteiger partial charge in [-0.15, -0.1) is 0 Å². The number of aliphatic carboxylic acids is 1. The zero-order valence-corrected chi connectivity index (χ0v) is 20.7. The number of aryl methyl sites for hydroxylation is 2. The van der Waals surface area contributed by atoms with Crippen LogP contribution in [0, 0.1) is 13.8 Å². The molecule has 7 heteroatoms. The average Bonchev–Trinajstić information content (AvgIpc) is 3.23. The molecule has 7 nitrogen and oxygen atoms in total. The van der Waals surface area contributed by atoms with Gasteiger partial charge in [0, 0.05) is 31.0 Å². The van der Waals surface area contributed by atoms with Gasteiger partial charge in [0.15, 0.2) is 0 Å². The van der Waals surface area contributed by atoms with Gasteiger partial charge in [0.05, 0.1) is 12.3 Å². The molecule has 1 N–H and O–H groups in total. The topological polar surface area (TPSA) is 92.9 Å². The molecule has 1 aliphatic rings. The summed E-state index contributed by atoms with van der Waals surface area (Å²) >= 11 is 0. The Bertz CT molecular complexity index is 1300. The molecule has 0 unspecified atom stereocenters. The maximum absolute atomic E-state index is 12.7. The van der Waals surface area contributed by atoms with E-state index in [0.29, 0.717) is 24.7 Å². The highest BCUT2D eigenvalue weighted by molar-refractivity contribution is 5.92. The molecular weight excluding hydrogens is 456 g/mol. The predicted molar refractivity (Wildman–Crippen MR) is 137 cm³/mol. The maximum Gasteiger partial charge on any atom is 0.326 e. The van der Waals surface area contributed by atoms with Crippen molar-refractivity contribution in [2.75, 3.05) is 6.61 Å². The number of carboxylic acids is 1. The molecule has 0 saturated carbocycles. The van der Waals surface area contributed by atoms with Gasteiger partial charge < -0.3 is 19.2 Å². The van der Waals surface area contributed by atoms with Crippen LogP contribution in [0.25, 0.3) is 11.5 Å². The van der Waals surface area contributed by atoms with Crippen molar-refractivity contribution in [3.8, 4) is 17.2 Å². The minimum atomic E-state index is -1.01. The van der Waals surface area contributed by atoms with Crippen molar-refractivity contribution in [1.29, 1.82) is 0 Å². The molecule has 4 rings (SSSR count). The number of oxazole rings is 1. The molecule has 0 bridgehead atoms. The molecule has 0 saturated heterocycles. The van der Waals surface area contributed by atoms with Gasteiger partial charge >= 0.3 is 5.97 Å². The third kappa shape index (κ3) is 5.74. The monoisotopic (exact) mass is 486 g/mol. The molecule has 1 amide bonds. The van der Waals surface area contributed by atoms with E-state index < -0.39 is 12.0 Å². The SMILES string of the molecule is C/C=C/C=C/C(=O)N1Cc2cc(OCCc3nc(-c4ccc(C)cc4)oc3C)ccc2C[C@H]1C(=O)O. The number of carbonyl (C=O) groups is 2. The van der Waals surface area contributed by atoms with Crippen LogP contribution in [0.5, 0.6) is 5.75 Å². The summed E-state index contributed by atoms with van der Waals surface area (Å²) in [4.78, 5) is 30.5. The highest BCUT2D eigenvalue weighted by Gasteiger charge is 2.33. The minimum Gasteiger partial charge on any atom is -0.493 e. The number of allylic oxidation sites excluding steroid dienone is 3. The highest BCUT2D eigenvalue weighted by atomic mass is 16.5. The van der Waals surface area contributed by atoms with Gasteiger partial charge in [-0.05, 0) is 56.2 Å². The van der Waals surface area contributed by atoms with Crippen molar-refractivity contribution in [3.05, 3.63) is 94.9 Å². The fourth-order valence-corrected chi connectivity index (χ4v) is 4.19. The van der Waals surface area contributed by atoms with E-state index in [9.17, 15) is 14.7 Å². The van der Waals surface area contributed by atoms with E-state index in [2.05, 4.69) is 4.98 Å². The summed E-state index contributed by atoms with van der Waals surface area (Å²) < 4.78 is 11.8. The Balaban J connectivity index is 1.42. The number of carboxylic acid groups (broad SMARTS) is 1. The molecule has 2 heterocycles.